The topological polar surface area (TPSA) is 70.6 Å². The molecule has 0 aliphatic rings. The van der Waals surface area contributed by atoms with Gasteiger partial charge in [0.05, 0.1) is 6.04 Å². The van der Waals surface area contributed by atoms with Crippen molar-refractivity contribution in [3.05, 3.63) is 29.8 Å². The highest BCUT2D eigenvalue weighted by molar-refractivity contribution is 5.74. The second-order valence-electron chi connectivity index (χ2n) is 5.27. The molecule has 0 saturated heterocycles. The van der Waals surface area contributed by atoms with E-state index in [0.29, 0.717) is 5.75 Å². The average molecular weight is 334 g/mol. The molecule has 23 heavy (non-hydrogen) atoms. The number of nitrogens with one attached hydrogen (secondary N) is 2. The first-order valence-corrected chi connectivity index (χ1v) is 7.17. The Morgan fingerprint density at radius 2 is 1.91 bits per heavy atom. The Balaban J connectivity index is 2.22. The van der Waals surface area contributed by atoms with Gasteiger partial charge in [-0.25, -0.2) is 4.79 Å². The van der Waals surface area contributed by atoms with Crippen molar-refractivity contribution in [2.24, 2.45) is 0 Å². The average Bonchev–Trinajstić information content (AvgIpc) is 2.45. The van der Waals surface area contributed by atoms with E-state index < -0.39 is 24.7 Å². The van der Waals surface area contributed by atoms with Crippen LogP contribution >= 0.6 is 0 Å². The van der Waals surface area contributed by atoms with E-state index in [1.807, 2.05) is 19.1 Å². The number of aliphatic hydroxyl groups is 1. The highest BCUT2D eigenvalue weighted by Crippen LogP contribution is 2.21. The number of benzene rings is 1. The van der Waals surface area contributed by atoms with E-state index in [4.69, 9.17) is 9.84 Å². The molecule has 2 atom stereocenters. The van der Waals surface area contributed by atoms with Crippen LogP contribution in [0.4, 0.5) is 18.0 Å². The third-order valence-electron chi connectivity index (χ3n) is 2.98. The van der Waals surface area contributed by atoms with Crippen molar-refractivity contribution < 1.29 is 27.8 Å². The van der Waals surface area contributed by atoms with Crippen molar-refractivity contribution in [2.45, 2.75) is 38.6 Å². The predicted molar refractivity (Wildman–Crippen MR) is 79.3 cm³/mol. The summed E-state index contributed by atoms with van der Waals surface area (Å²) in [4.78, 5) is 11.5. The van der Waals surface area contributed by atoms with Crippen LogP contribution in [-0.2, 0) is 0 Å². The first-order chi connectivity index (χ1) is 10.7. The molecule has 1 rings (SSSR count). The SMILES string of the molecule is Cc1ccc(OC[C@H](C)NC(=O)NCC[C@@H](O)C(F)(F)F)cc1. The number of aryl methyl sites for hydroxylation is 1. The van der Waals surface area contributed by atoms with Gasteiger partial charge < -0.3 is 20.5 Å². The van der Waals surface area contributed by atoms with Gasteiger partial charge in [-0.05, 0) is 32.4 Å². The molecule has 0 heterocycles. The van der Waals surface area contributed by atoms with Crippen LogP contribution in [0.3, 0.4) is 0 Å². The predicted octanol–water partition coefficient (Wildman–Crippen LogP) is 2.37. The van der Waals surface area contributed by atoms with Crippen LogP contribution in [0.1, 0.15) is 18.9 Å². The fourth-order valence-corrected chi connectivity index (χ4v) is 1.66. The Hall–Kier alpha value is -1.96. The second kappa shape index (κ2) is 8.61. The molecule has 5 nitrogen and oxygen atoms in total. The number of hydrogen-bond acceptors (Lipinski definition) is 3. The minimum absolute atomic E-state index is 0.224. The molecule has 0 radical (unpaired) electrons. The van der Waals surface area contributed by atoms with E-state index in [1.54, 1.807) is 19.1 Å². The van der Waals surface area contributed by atoms with Crippen molar-refractivity contribution in [2.75, 3.05) is 13.2 Å². The molecule has 3 N–H and O–H groups in total. The van der Waals surface area contributed by atoms with Gasteiger partial charge in [0.1, 0.15) is 12.4 Å². The molecule has 0 aliphatic heterocycles. The highest BCUT2D eigenvalue weighted by atomic mass is 19.4. The fourth-order valence-electron chi connectivity index (χ4n) is 1.66. The smallest absolute Gasteiger partial charge is 0.414 e. The minimum Gasteiger partial charge on any atom is -0.491 e. The van der Waals surface area contributed by atoms with E-state index in [1.165, 1.54) is 0 Å². The molecule has 8 heteroatoms. The molecular weight excluding hydrogens is 313 g/mol. The van der Waals surface area contributed by atoms with E-state index in [0.717, 1.165) is 5.56 Å². The van der Waals surface area contributed by atoms with Crippen LogP contribution < -0.4 is 15.4 Å². The van der Waals surface area contributed by atoms with Crippen molar-refractivity contribution in [3.8, 4) is 5.75 Å². The Kier molecular flexibility index (Phi) is 7.15. The molecule has 1 aromatic carbocycles. The van der Waals surface area contributed by atoms with Crippen molar-refractivity contribution in [3.63, 3.8) is 0 Å². The van der Waals surface area contributed by atoms with Gasteiger partial charge in [0.25, 0.3) is 0 Å². The summed E-state index contributed by atoms with van der Waals surface area (Å²) in [5.41, 5.74) is 1.10. The maximum absolute atomic E-state index is 12.1. The summed E-state index contributed by atoms with van der Waals surface area (Å²) in [5, 5.41) is 13.6. The zero-order chi connectivity index (χ0) is 17.5. The van der Waals surface area contributed by atoms with E-state index in [9.17, 15) is 18.0 Å². The van der Waals surface area contributed by atoms with Crippen molar-refractivity contribution >= 4 is 6.03 Å². The Labute approximate surface area is 132 Å². The molecule has 0 saturated carbocycles. The number of aliphatic hydroxyl groups excluding tert-OH is 1. The number of halogens is 3. The lowest BCUT2D eigenvalue weighted by Crippen LogP contribution is -2.44. The Morgan fingerprint density at radius 1 is 1.30 bits per heavy atom. The fraction of sp³-hybridized carbons (Fsp3) is 0.533. The van der Waals surface area contributed by atoms with Gasteiger partial charge in [0, 0.05) is 6.54 Å². The van der Waals surface area contributed by atoms with Crippen LogP contribution in [0.2, 0.25) is 0 Å². The first kappa shape index (κ1) is 19.1. The summed E-state index contributed by atoms with van der Waals surface area (Å²) in [5.74, 6) is 0.665. The molecule has 0 fully saturated rings. The van der Waals surface area contributed by atoms with Crippen LogP contribution in [0, 0.1) is 6.92 Å². The van der Waals surface area contributed by atoms with Gasteiger partial charge in [-0.3, -0.25) is 0 Å². The molecule has 0 aromatic heterocycles. The molecule has 0 spiro atoms. The normalized spacial score (nSPS) is 14.0. The zero-order valence-corrected chi connectivity index (χ0v) is 13.0. The van der Waals surface area contributed by atoms with Gasteiger partial charge >= 0.3 is 12.2 Å². The zero-order valence-electron chi connectivity index (χ0n) is 13.0. The molecule has 2 amide bonds. The number of rotatable bonds is 7. The summed E-state index contributed by atoms with van der Waals surface area (Å²) in [6, 6.07) is 6.46. The Bertz CT molecular complexity index is 492. The summed E-state index contributed by atoms with van der Waals surface area (Å²) in [6.07, 6.45) is -7.71. The maximum atomic E-state index is 12.1. The molecule has 0 aliphatic carbocycles. The van der Waals surface area contributed by atoms with Crippen LogP contribution in [0.15, 0.2) is 24.3 Å². The van der Waals surface area contributed by atoms with Gasteiger partial charge in [-0.15, -0.1) is 0 Å². The van der Waals surface area contributed by atoms with Crippen molar-refractivity contribution in [1.82, 2.24) is 10.6 Å². The van der Waals surface area contributed by atoms with Gasteiger partial charge in [-0.1, -0.05) is 17.7 Å². The van der Waals surface area contributed by atoms with E-state index in [2.05, 4.69) is 10.6 Å². The molecule has 130 valence electrons. The minimum atomic E-state index is -4.67. The summed E-state index contributed by atoms with van der Waals surface area (Å²) in [7, 11) is 0. The lowest BCUT2D eigenvalue weighted by molar-refractivity contribution is -0.204. The summed E-state index contributed by atoms with van der Waals surface area (Å²) >= 11 is 0. The summed E-state index contributed by atoms with van der Waals surface area (Å²) < 4.78 is 41.7. The number of urea groups is 1. The van der Waals surface area contributed by atoms with Crippen LogP contribution in [0.5, 0.6) is 5.75 Å². The lowest BCUT2D eigenvalue weighted by Gasteiger charge is -2.17. The van der Waals surface area contributed by atoms with Crippen molar-refractivity contribution in [1.29, 1.82) is 0 Å². The number of carbonyl (C=O) groups excluding carboxylic acids is 1. The third-order valence-corrected chi connectivity index (χ3v) is 2.98. The molecule has 0 bridgehead atoms. The number of alkyl halides is 3. The largest absolute Gasteiger partial charge is 0.491 e. The van der Waals surface area contributed by atoms with Gasteiger partial charge in [-0.2, -0.15) is 13.2 Å². The van der Waals surface area contributed by atoms with Crippen LogP contribution in [-0.4, -0.2) is 42.6 Å². The van der Waals surface area contributed by atoms with Gasteiger partial charge in [0.15, 0.2) is 6.10 Å². The van der Waals surface area contributed by atoms with E-state index in [-0.39, 0.29) is 19.2 Å². The first-order valence-electron chi connectivity index (χ1n) is 7.17. The lowest BCUT2D eigenvalue weighted by atomic mass is 10.2. The number of ether oxygens (including phenoxy) is 1. The Morgan fingerprint density at radius 3 is 2.48 bits per heavy atom. The van der Waals surface area contributed by atoms with Gasteiger partial charge in [0.2, 0.25) is 0 Å². The molecule has 0 unspecified atom stereocenters. The summed E-state index contributed by atoms with van der Waals surface area (Å²) in [6.45, 7) is 3.60. The second-order valence-corrected chi connectivity index (χ2v) is 5.27. The number of carbonyl (C=O) groups is 1. The quantitative estimate of drug-likeness (QED) is 0.717. The maximum Gasteiger partial charge on any atom is 0.414 e. The standard InChI is InChI=1S/C15H21F3N2O3/c1-10-3-5-12(6-4-10)23-9-11(2)20-14(22)19-8-7-13(21)15(16,17)18/h3-6,11,13,21H,7-9H2,1-2H3,(H2,19,20,22)/t11-,13+/m0/s1. The monoisotopic (exact) mass is 334 g/mol. The third kappa shape index (κ3) is 7.73. The van der Waals surface area contributed by atoms with Crippen LogP contribution in [0.25, 0.3) is 0 Å². The number of hydrogen-bond donors (Lipinski definition) is 3. The molecule has 1 aromatic rings. The van der Waals surface area contributed by atoms with E-state index >= 15 is 0 Å². The number of amides is 2. The molecular formula is C15H21F3N2O3. The highest BCUT2D eigenvalue weighted by Gasteiger charge is 2.37.